The van der Waals surface area contributed by atoms with Crippen molar-refractivity contribution < 1.29 is 18.0 Å². The zero-order valence-electron chi connectivity index (χ0n) is 23.3. The summed E-state index contributed by atoms with van der Waals surface area (Å²) in [5, 5.41) is 3.69. The van der Waals surface area contributed by atoms with Crippen molar-refractivity contribution in [2.45, 2.75) is 45.3 Å². The average molecular weight is 694 g/mol. The first-order chi connectivity index (χ1) is 19.5. The van der Waals surface area contributed by atoms with E-state index in [0.29, 0.717) is 10.6 Å². The molecule has 42 heavy (non-hydrogen) atoms. The molecule has 1 unspecified atom stereocenters. The number of sulfonamides is 1. The minimum Gasteiger partial charge on any atom is -0.350 e. The second-order valence-electron chi connectivity index (χ2n) is 10.7. The molecule has 0 fully saturated rings. The number of halogens is 5. The first-order valence-corrected chi connectivity index (χ1v) is 16.4. The molecule has 3 aromatic rings. The maximum absolute atomic E-state index is 14.2. The van der Waals surface area contributed by atoms with Crippen molar-refractivity contribution in [3.8, 4) is 0 Å². The molecule has 0 aromatic heterocycles. The standard InChI is InChI=1S/C29H30Cl5N3O4S/c1-29(2,3)35-28(39)26(13-18-8-6-5-7-9-18)36(16-19-10-11-20(30)21(31)12-19)27(38)17-37(42(4,40)41)25-15-23(33)22(32)14-24(25)34/h5-12,14-15,26H,13,16-17H2,1-4H3,(H,35,39). The molecule has 0 bridgehead atoms. The van der Waals surface area contributed by atoms with E-state index in [4.69, 9.17) is 58.0 Å². The lowest BCUT2D eigenvalue weighted by Crippen LogP contribution is -2.56. The van der Waals surface area contributed by atoms with Crippen LogP contribution in [0, 0.1) is 0 Å². The number of nitrogens with zero attached hydrogens (tertiary/aromatic N) is 2. The second kappa shape index (κ2) is 14.1. The summed E-state index contributed by atoms with van der Waals surface area (Å²) in [6.45, 7) is 4.73. The van der Waals surface area contributed by atoms with Gasteiger partial charge in [-0.3, -0.25) is 13.9 Å². The lowest BCUT2D eigenvalue weighted by Gasteiger charge is -2.35. The van der Waals surface area contributed by atoms with Gasteiger partial charge in [0.1, 0.15) is 12.6 Å². The van der Waals surface area contributed by atoms with Gasteiger partial charge in [0.2, 0.25) is 21.8 Å². The van der Waals surface area contributed by atoms with Gasteiger partial charge in [0.15, 0.2) is 0 Å². The number of rotatable bonds is 10. The van der Waals surface area contributed by atoms with Crippen LogP contribution in [-0.4, -0.2) is 49.5 Å². The van der Waals surface area contributed by atoms with E-state index in [9.17, 15) is 18.0 Å². The Kier molecular flexibility index (Phi) is 11.5. The van der Waals surface area contributed by atoms with Crippen LogP contribution in [0.5, 0.6) is 0 Å². The monoisotopic (exact) mass is 691 g/mol. The fourth-order valence-corrected chi connectivity index (χ4v) is 6.01. The molecule has 2 amide bonds. The number of anilines is 1. The van der Waals surface area contributed by atoms with Crippen LogP contribution in [0.15, 0.2) is 60.7 Å². The largest absolute Gasteiger partial charge is 0.350 e. The summed E-state index contributed by atoms with van der Waals surface area (Å²) in [4.78, 5) is 29.3. The quantitative estimate of drug-likeness (QED) is 0.226. The number of carbonyl (C=O) groups is 2. The van der Waals surface area contributed by atoms with Crippen LogP contribution in [0.3, 0.4) is 0 Å². The van der Waals surface area contributed by atoms with Crippen LogP contribution in [0.1, 0.15) is 31.9 Å². The summed E-state index contributed by atoms with van der Waals surface area (Å²) in [7, 11) is -4.06. The molecule has 226 valence electrons. The van der Waals surface area contributed by atoms with E-state index in [1.54, 1.807) is 18.2 Å². The number of amides is 2. The lowest BCUT2D eigenvalue weighted by atomic mass is 10.0. The summed E-state index contributed by atoms with van der Waals surface area (Å²) in [5.74, 6) is -1.09. The van der Waals surface area contributed by atoms with Crippen LogP contribution in [0.25, 0.3) is 0 Å². The van der Waals surface area contributed by atoms with E-state index in [1.165, 1.54) is 17.0 Å². The smallest absolute Gasteiger partial charge is 0.244 e. The predicted octanol–water partition coefficient (Wildman–Crippen LogP) is 7.27. The first kappa shape index (κ1) is 34.3. The normalized spacial score (nSPS) is 12.5. The summed E-state index contributed by atoms with van der Waals surface area (Å²) in [5.41, 5.74) is 0.732. The Hall–Kier alpha value is -2.20. The molecule has 0 aliphatic heterocycles. The molecule has 0 aliphatic carbocycles. The van der Waals surface area contributed by atoms with E-state index in [2.05, 4.69) is 5.32 Å². The fourth-order valence-electron chi connectivity index (χ4n) is 4.14. The van der Waals surface area contributed by atoms with Crippen molar-refractivity contribution in [2.24, 2.45) is 0 Å². The second-order valence-corrected chi connectivity index (χ2v) is 14.6. The molecule has 0 saturated heterocycles. The number of nitrogens with one attached hydrogen (secondary N) is 1. The fraction of sp³-hybridized carbons (Fsp3) is 0.310. The van der Waals surface area contributed by atoms with Crippen molar-refractivity contribution in [3.05, 3.63) is 96.9 Å². The van der Waals surface area contributed by atoms with Crippen molar-refractivity contribution in [1.82, 2.24) is 10.2 Å². The molecule has 3 aromatic carbocycles. The minimum atomic E-state index is -4.06. The highest BCUT2D eigenvalue weighted by atomic mass is 35.5. The number of hydrogen-bond donors (Lipinski definition) is 1. The Labute approximate surface area is 271 Å². The molecule has 13 heteroatoms. The van der Waals surface area contributed by atoms with Gasteiger partial charge in [-0.1, -0.05) is 94.4 Å². The summed E-state index contributed by atoms with van der Waals surface area (Å²) in [6.07, 6.45) is 1.10. The van der Waals surface area contributed by atoms with Gasteiger partial charge in [-0.25, -0.2) is 8.42 Å². The van der Waals surface area contributed by atoms with Crippen molar-refractivity contribution in [1.29, 1.82) is 0 Å². The zero-order valence-corrected chi connectivity index (χ0v) is 27.9. The van der Waals surface area contributed by atoms with Gasteiger partial charge in [-0.15, -0.1) is 0 Å². The molecule has 1 N–H and O–H groups in total. The van der Waals surface area contributed by atoms with Crippen LogP contribution in [-0.2, 0) is 32.6 Å². The molecule has 0 saturated carbocycles. The summed E-state index contributed by atoms with van der Waals surface area (Å²) < 4.78 is 26.8. The number of hydrogen-bond acceptors (Lipinski definition) is 4. The summed E-state index contributed by atoms with van der Waals surface area (Å²) in [6, 6.07) is 15.6. The van der Waals surface area contributed by atoms with Crippen LogP contribution >= 0.6 is 58.0 Å². The predicted molar refractivity (Wildman–Crippen MR) is 173 cm³/mol. The van der Waals surface area contributed by atoms with Gasteiger partial charge in [0.25, 0.3) is 0 Å². The third kappa shape index (κ3) is 9.40. The van der Waals surface area contributed by atoms with Crippen LogP contribution in [0.2, 0.25) is 25.1 Å². The van der Waals surface area contributed by atoms with Gasteiger partial charge in [0.05, 0.1) is 37.1 Å². The Morgan fingerprint density at radius 1 is 0.810 bits per heavy atom. The Balaban J connectivity index is 2.13. The van der Waals surface area contributed by atoms with Crippen molar-refractivity contribution in [2.75, 3.05) is 17.1 Å². The zero-order chi connectivity index (χ0) is 31.4. The van der Waals surface area contributed by atoms with Gasteiger partial charge < -0.3 is 10.2 Å². The van der Waals surface area contributed by atoms with Gasteiger partial charge in [0, 0.05) is 18.5 Å². The Morgan fingerprint density at radius 2 is 1.40 bits per heavy atom. The van der Waals surface area contributed by atoms with E-state index >= 15 is 0 Å². The minimum absolute atomic E-state index is 0.0232. The highest BCUT2D eigenvalue weighted by Crippen LogP contribution is 2.36. The van der Waals surface area contributed by atoms with Gasteiger partial charge in [-0.2, -0.15) is 0 Å². The highest BCUT2D eigenvalue weighted by molar-refractivity contribution is 7.92. The van der Waals surface area contributed by atoms with Crippen LogP contribution in [0.4, 0.5) is 5.69 Å². The third-order valence-electron chi connectivity index (χ3n) is 6.04. The molecule has 0 aliphatic rings. The van der Waals surface area contributed by atoms with Crippen LogP contribution < -0.4 is 9.62 Å². The molecule has 7 nitrogen and oxygen atoms in total. The molecular weight excluding hydrogens is 664 g/mol. The lowest BCUT2D eigenvalue weighted by molar-refractivity contribution is -0.140. The summed E-state index contributed by atoms with van der Waals surface area (Å²) >= 11 is 31.0. The average Bonchev–Trinajstić information content (AvgIpc) is 2.88. The molecule has 1 atom stereocenters. The van der Waals surface area contributed by atoms with E-state index in [1.807, 2.05) is 51.1 Å². The number of benzene rings is 3. The molecular formula is C29H30Cl5N3O4S. The molecule has 0 heterocycles. The maximum Gasteiger partial charge on any atom is 0.244 e. The number of carbonyl (C=O) groups excluding carboxylic acids is 2. The Bertz CT molecular complexity index is 1560. The maximum atomic E-state index is 14.2. The van der Waals surface area contributed by atoms with Crippen molar-refractivity contribution >= 4 is 85.5 Å². The Morgan fingerprint density at radius 3 is 1.98 bits per heavy atom. The van der Waals surface area contributed by atoms with E-state index < -0.39 is 40.0 Å². The van der Waals surface area contributed by atoms with Gasteiger partial charge in [-0.05, 0) is 56.2 Å². The van der Waals surface area contributed by atoms with E-state index in [-0.39, 0.29) is 38.7 Å². The first-order valence-electron chi connectivity index (χ1n) is 12.7. The van der Waals surface area contributed by atoms with E-state index in [0.717, 1.165) is 16.1 Å². The van der Waals surface area contributed by atoms with Gasteiger partial charge >= 0.3 is 0 Å². The third-order valence-corrected chi connectivity index (χ3v) is 8.93. The molecule has 0 spiro atoms. The molecule has 0 radical (unpaired) electrons. The highest BCUT2D eigenvalue weighted by Gasteiger charge is 2.35. The topological polar surface area (TPSA) is 86.8 Å². The molecule has 3 rings (SSSR count). The SMILES string of the molecule is CC(C)(C)NC(=O)C(Cc1ccccc1)N(Cc1ccc(Cl)c(Cl)c1)C(=O)CN(c1cc(Cl)c(Cl)cc1Cl)S(C)(=O)=O. The van der Waals surface area contributed by atoms with Crippen molar-refractivity contribution in [3.63, 3.8) is 0 Å².